The summed E-state index contributed by atoms with van der Waals surface area (Å²) in [5.74, 6) is -0.729. The number of methoxy groups -OCH3 is 1. The van der Waals surface area contributed by atoms with Crippen molar-refractivity contribution in [3.63, 3.8) is 0 Å². The molecule has 3 unspecified atom stereocenters. The number of ketones is 1. The Hall–Kier alpha value is -3.49. The van der Waals surface area contributed by atoms with Crippen LogP contribution in [0.3, 0.4) is 0 Å². The molecule has 3 atom stereocenters. The van der Waals surface area contributed by atoms with Crippen LogP contribution < -0.4 is 5.32 Å². The van der Waals surface area contributed by atoms with Gasteiger partial charge >= 0.3 is 6.09 Å². The van der Waals surface area contributed by atoms with E-state index in [1.807, 2.05) is 42.5 Å². The summed E-state index contributed by atoms with van der Waals surface area (Å²) in [6.07, 6.45) is 4.28. The fraction of sp³-hybridized carbons (Fsp3) is 0.452. The van der Waals surface area contributed by atoms with E-state index in [1.54, 1.807) is 45.0 Å². The number of hydrogen-bond acceptors (Lipinski definition) is 6. The summed E-state index contributed by atoms with van der Waals surface area (Å²) in [5.41, 5.74) is -1.56. The van der Waals surface area contributed by atoms with E-state index < -0.39 is 34.3 Å². The number of nitrogens with one attached hydrogen (secondary N) is 1. The van der Waals surface area contributed by atoms with Gasteiger partial charge in [-0.1, -0.05) is 81.5 Å². The number of aliphatic hydroxyl groups is 1. The molecule has 2 amide bonds. The first-order valence-corrected chi connectivity index (χ1v) is 13.3. The number of fused-ring (bicyclic) bond motifs is 1. The molecular formula is C31H38N2O6. The molecule has 0 radical (unpaired) electrons. The largest absolute Gasteiger partial charge is 0.453 e. The normalized spacial score (nSPS) is 24.7. The lowest BCUT2D eigenvalue weighted by Gasteiger charge is -2.52. The molecular weight excluding hydrogens is 496 g/mol. The van der Waals surface area contributed by atoms with Gasteiger partial charge in [-0.25, -0.2) is 4.79 Å². The number of anilines is 1. The molecule has 1 saturated carbocycles. The molecule has 0 saturated heterocycles. The smallest absolute Gasteiger partial charge is 0.410 e. The van der Waals surface area contributed by atoms with Crippen molar-refractivity contribution in [3.05, 3.63) is 77.9 Å². The van der Waals surface area contributed by atoms with Crippen LogP contribution >= 0.6 is 0 Å². The van der Waals surface area contributed by atoms with Crippen LogP contribution in [0, 0.1) is 10.8 Å². The van der Waals surface area contributed by atoms with Crippen molar-refractivity contribution in [1.82, 2.24) is 4.90 Å². The maximum absolute atomic E-state index is 14.3. The highest BCUT2D eigenvalue weighted by atomic mass is 16.5. The molecule has 2 aromatic rings. The number of amides is 2. The lowest BCUT2D eigenvalue weighted by atomic mass is 9.60. The molecule has 1 heterocycles. The topological polar surface area (TPSA) is 105 Å². The SMILES string of the molecule is COC(=O)N1CC=CC2(CCOCc3ccccc3)CCC(O)(c3ccccc3NC(=O)C(C)(C)C)C(=O)C12. The van der Waals surface area contributed by atoms with Crippen LogP contribution in [0.2, 0.25) is 0 Å². The molecule has 0 bridgehead atoms. The molecule has 1 fully saturated rings. The lowest BCUT2D eigenvalue weighted by molar-refractivity contribution is -0.157. The molecule has 0 spiro atoms. The average Bonchev–Trinajstić information content (AvgIpc) is 2.93. The number of benzene rings is 2. The van der Waals surface area contributed by atoms with Crippen molar-refractivity contribution in [3.8, 4) is 0 Å². The van der Waals surface area contributed by atoms with Gasteiger partial charge in [-0.05, 0) is 30.9 Å². The van der Waals surface area contributed by atoms with Crippen molar-refractivity contribution < 1.29 is 29.0 Å². The second-order valence-corrected chi connectivity index (χ2v) is 11.4. The summed E-state index contributed by atoms with van der Waals surface area (Å²) in [4.78, 5) is 41.3. The minimum Gasteiger partial charge on any atom is -0.453 e. The highest BCUT2D eigenvalue weighted by Gasteiger charge is 2.59. The van der Waals surface area contributed by atoms with E-state index in [0.717, 1.165) is 5.56 Å². The molecule has 2 aliphatic rings. The summed E-state index contributed by atoms with van der Waals surface area (Å²) in [6, 6.07) is 15.7. The standard InChI is InChI=1S/C31H38N2O6/c1-29(2,3)27(35)32-24-14-9-8-13-23(24)31(37)17-16-30(18-20-39-21-22-11-6-5-7-12-22)15-10-19-33(28(36)38-4)25(30)26(31)34/h5-15,25,37H,16-21H2,1-4H3,(H,32,35). The lowest BCUT2D eigenvalue weighted by Crippen LogP contribution is -2.64. The number of para-hydroxylation sites is 1. The zero-order valence-electron chi connectivity index (χ0n) is 23.1. The molecule has 0 aromatic heterocycles. The van der Waals surface area contributed by atoms with Crippen molar-refractivity contribution >= 4 is 23.5 Å². The summed E-state index contributed by atoms with van der Waals surface area (Å²) in [6.45, 7) is 6.38. The summed E-state index contributed by atoms with van der Waals surface area (Å²) < 4.78 is 11.0. The molecule has 4 rings (SSSR count). The van der Waals surface area contributed by atoms with E-state index in [9.17, 15) is 19.5 Å². The fourth-order valence-corrected chi connectivity index (χ4v) is 5.49. The van der Waals surface area contributed by atoms with Crippen LogP contribution in [0.5, 0.6) is 0 Å². The van der Waals surface area contributed by atoms with Gasteiger partial charge in [0.05, 0.1) is 13.7 Å². The Morgan fingerprint density at radius 3 is 2.46 bits per heavy atom. The minimum absolute atomic E-state index is 0.128. The first kappa shape index (κ1) is 28.5. The van der Waals surface area contributed by atoms with Crippen LogP contribution in [-0.2, 0) is 31.3 Å². The minimum atomic E-state index is -1.90. The van der Waals surface area contributed by atoms with E-state index in [-0.39, 0.29) is 18.9 Å². The van der Waals surface area contributed by atoms with E-state index in [2.05, 4.69) is 5.32 Å². The van der Waals surface area contributed by atoms with Crippen molar-refractivity contribution in [2.24, 2.45) is 10.8 Å². The molecule has 8 heteroatoms. The molecule has 2 aromatic carbocycles. The van der Waals surface area contributed by atoms with Gasteiger partial charge in [0.2, 0.25) is 5.91 Å². The average molecular weight is 535 g/mol. The van der Waals surface area contributed by atoms with Crippen molar-refractivity contribution in [1.29, 1.82) is 0 Å². The Balaban J connectivity index is 1.64. The second kappa shape index (κ2) is 11.3. The third-order valence-electron chi connectivity index (χ3n) is 7.75. The van der Waals surface area contributed by atoms with Gasteiger partial charge < -0.3 is 19.9 Å². The Labute approximate surface area is 230 Å². The molecule has 1 aliphatic carbocycles. The van der Waals surface area contributed by atoms with Crippen LogP contribution in [0.4, 0.5) is 10.5 Å². The van der Waals surface area contributed by atoms with Gasteiger partial charge in [0.15, 0.2) is 11.4 Å². The van der Waals surface area contributed by atoms with E-state index in [4.69, 9.17) is 9.47 Å². The van der Waals surface area contributed by atoms with Crippen LogP contribution in [-0.4, -0.2) is 54.1 Å². The van der Waals surface area contributed by atoms with Crippen molar-refractivity contribution in [2.45, 2.75) is 58.3 Å². The molecule has 1 aliphatic heterocycles. The quantitative estimate of drug-likeness (QED) is 0.390. The summed E-state index contributed by atoms with van der Waals surface area (Å²) in [7, 11) is 1.28. The Morgan fingerprint density at radius 2 is 1.77 bits per heavy atom. The number of rotatable bonds is 7. The maximum Gasteiger partial charge on any atom is 0.410 e. The predicted octanol–water partition coefficient (Wildman–Crippen LogP) is 4.82. The second-order valence-electron chi connectivity index (χ2n) is 11.4. The number of hydrogen-bond donors (Lipinski definition) is 2. The third-order valence-corrected chi connectivity index (χ3v) is 7.75. The van der Waals surface area contributed by atoms with Gasteiger partial charge in [0.25, 0.3) is 0 Å². The van der Waals surface area contributed by atoms with E-state index in [1.165, 1.54) is 12.0 Å². The Kier molecular flexibility index (Phi) is 8.28. The Morgan fingerprint density at radius 1 is 1.08 bits per heavy atom. The number of carbonyl (C=O) groups excluding carboxylic acids is 3. The molecule has 8 nitrogen and oxygen atoms in total. The van der Waals surface area contributed by atoms with Gasteiger partial charge in [0.1, 0.15) is 6.04 Å². The predicted molar refractivity (Wildman–Crippen MR) is 148 cm³/mol. The van der Waals surface area contributed by atoms with Gasteiger partial charge in [0, 0.05) is 35.2 Å². The van der Waals surface area contributed by atoms with Crippen LogP contribution in [0.25, 0.3) is 0 Å². The number of ether oxygens (including phenoxy) is 2. The van der Waals surface area contributed by atoms with Crippen LogP contribution in [0.15, 0.2) is 66.7 Å². The number of nitrogens with zero attached hydrogens (tertiary/aromatic N) is 1. The van der Waals surface area contributed by atoms with E-state index >= 15 is 0 Å². The first-order valence-electron chi connectivity index (χ1n) is 13.3. The molecule has 208 valence electrons. The van der Waals surface area contributed by atoms with Gasteiger partial charge in [-0.2, -0.15) is 0 Å². The monoisotopic (exact) mass is 534 g/mol. The van der Waals surface area contributed by atoms with Crippen LogP contribution in [0.1, 0.15) is 51.2 Å². The highest BCUT2D eigenvalue weighted by Crippen LogP contribution is 2.51. The van der Waals surface area contributed by atoms with E-state index in [0.29, 0.717) is 37.3 Å². The summed E-state index contributed by atoms with van der Waals surface area (Å²) in [5, 5.41) is 14.9. The van der Waals surface area contributed by atoms with Gasteiger partial charge in [-0.15, -0.1) is 0 Å². The zero-order valence-corrected chi connectivity index (χ0v) is 23.1. The zero-order chi connectivity index (χ0) is 28.3. The first-order chi connectivity index (χ1) is 18.5. The molecule has 2 N–H and O–H groups in total. The summed E-state index contributed by atoms with van der Waals surface area (Å²) >= 11 is 0. The Bertz CT molecular complexity index is 1240. The maximum atomic E-state index is 14.3. The number of carbonyl (C=O) groups is 3. The van der Waals surface area contributed by atoms with Gasteiger partial charge in [-0.3, -0.25) is 14.5 Å². The molecule has 39 heavy (non-hydrogen) atoms. The third kappa shape index (κ3) is 5.77. The fourth-order valence-electron chi connectivity index (χ4n) is 5.49. The number of Topliss-reactive ketones (excluding diaryl/α,β-unsaturated/α-hetero) is 1. The van der Waals surface area contributed by atoms with Crippen molar-refractivity contribution in [2.75, 3.05) is 25.6 Å². The highest BCUT2D eigenvalue weighted by molar-refractivity contribution is 6.00.